The number of anilines is 3. The van der Waals surface area contributed by atoms with E-state index < -0.39 is 21.7 Å². The normalized spacial score (nSPS) is 13.9. The van der Waals surface area contributed by atoms with Gasteiger partial charge in [0.15, 0.2) is 0 Å². The number of carbonyl (C=O) groups excluding carboxylic acids is 2. The number of nitrogens with one attached hydrogen (secondary N) is 3. The van der Waals surface area contributed by atoms with Crippen molar-refractivity contribution in [2.24, 2.45) is 5.92 Å². The lowest BCUT2D eigenvalue weighted by Crippen LogP contribution is -2.14. The van der Waals surface area contributed by atoms with Gasteiger partial charge in [0.1, 0.15) is 5.82 Å². The molecular formula is C17H18FN3O4S2. The zero-order valence-electron chi connectivity index (χ0n) is 14.6. The molecule has 1 fully saturated rings. The van der Waals surface area contributed by atoms with Crippen LogP contribution in [0.2, 0.25) is 0 Å². The van der Waals surface area contributed by atoms with E-state index in [1.54, 1.807) is 13.0 Å². The molecule has 0 bridgehead atoms. The third-order valence-electron chi connectivity index (χ3n) is 3.84. The number of benzene rings is 1. The largest absolute Gasteiger partial charge is 0.321 e. The van der Waals surface area contributed by atoms with Gasteiger partial charge in [-0.2, -0.15) is 0 Å². The number of carbonyl (C=O) groups is 2. The van der Waals surface area contributed by atoms with Crippen molar-refractivity contribution in [3.05, 3.63) is 40.5 Å². The van der Waals surface area contributed by atoms with Crippen LogP contribution in [0.1, 0.15) is 28.1 Å². The van der Waals surface area contributed by atoms with E-state index in [0.717, 1.165) is 36.5 Å². The minimum absolute atomic E-state index is 0.0433. The molecule has 10 heteroatoms. The van der Waals surface area contributed by atoms with E-state index >= 15 is 0 Å². The van der Waals surface area contributed by atoms with Crippen molar-refractivity contribution in [1.82, 2.24) is 0 Å². The standard InChI is InChI=1S/C17H18FN3O4S2/c1-9-7-14(20-16(22)10-3-4-10)26-15(9)17(23)19-11-5-6-12(18)13(8-11)21-27(2,24)25/h5-8,10,21H,3-4H2,1-2H3,(H,19,23)(H,20,22). The van der Waals surface area contributed by atoms with Crippen molar-refractivity contribution in [2.75, 3.05) is 21.6 Å². The topological polar surface area (TPSA) is 104 Å². The molecule has 1 aliphatic rings. The third kappa shape index (κ3) is 5.04. The molecule has 0 saturated heterocycles. The van der Waals surface area contributed by atoms with Crippen LogP contribution in [-0.2, 0) is 14.8 Å². The fourth-order valence-corrected chi connectivity index (χ4v) is 3.93. The van der Waals surface area contributed by atoms with Crippen LogP contribution in [0, 0.1) is 18.7 Å². The van der Waals surface area contributed by atoms with Gasteiger partial charge < -0.3 is 10.6 Å². The molecule has 0 spiro atoms. The van der Waals surface area contributed by atoms with Crippen LogP contribution >= 0.6 is 11.3 Å². The SMILES string of the molecule is Cc1cc(NC(=O)C2CC2)sc1C(=O)Nc1ccc(F)c(NS(C)(=O)=O)c1. The minimum Gasteiger partial charge on any atom is -0.321 e. The molecule has 1 aromatic heterocycles. The Balaban J connectivity index is 1.74. The number of amides is 2. The molecule has 3 N–H and O–H groups in total. The van der Waals surface area contributed by atoms with E-state index in [-0.39, 0.29) is 23.2 Å². The van der Waals surface area contributed by atoms with Gasteiger partial charge in [0, 0.05) is 11.6 Å². The average Bonchev–Trinajstić information content (AvgIpc) is 3.33. The highest BCUT2D eigenvalue weighted by Gasteiger charge is 2.30. The van der Waals surface area contributed by atoms with Crippen LogP contribution in [0.4, 0.5) is 20.8 Å². The van der Waals surface area contributed by atoms with Gasteiger partial charge >= 0.3 is 0 Å². The second-order valence-corrected chi connectivity index (χ2v) is 9.21. The van der Waals surface area contributed by atoms with Crippen molar-refractivity contribution in [1.29, 1.82) is 0 Å². The Bertz CT molecular complexity index is 1010. The number of aryl methyl sites for hydroxylation is 1. The highest BCUT2D eigenvalue weighted by atomic mass is 32.2. The Morgan fingerprint density at radius 1 is 1.19 bits per heavy atom. The number of hydrogen-bond donors (Lipinski definition) is 3. The van der Waals surface area contributed by atoms with Crippen molar-refractivity contribution < 1.29 is 22.4 Å². The fraction of sp³-hybridized carbons (Fsp3) is 0.294. The molecule has 2 amide bonds. The monoisotopic (exact) mass is 411 g/mol. The highest BCUT2D eigenvalue weighted by molar-refractivity contribution is 7.92. The maximum absolute atomic E-state index is 13.7. The molecule has 27 heavy (non-hydrogen) atoms. The predicted molar refractivity (Wildman–Crippen MR) is 103 cm³/mol. The van der Waals surface area contributed by atoms with Gasteiger partial charge in [-0.05, 0) is 49.6 Å². The Morgan fingerprint density at radius 3 is 2.52 bits per heavy atom. The second kappa shape index (κ2) is 7.28. The van der Waals surface area contributed by atoms with Gasteiger partial charge in [-0.25, -0.2) is 12.8 Å². The summed E-state index contributed by atoms with van der Waals surface area (Å²) in [7, 11) is -3.65. The van der Waals surface area contributed by atoms with Gasteiger partial charge in [-0.15, -0.1) is 11.3 Å². The van der Waals surface area contributed by atoms with E-state index in [1.165, 1.54) is 12.1 Å². The van der Waals surface area contributed by atoms with Crippen LogP contribution < -0.4 is 15.4 Å². The second-order valence-electron chi connectivity index (χ2n) is 6.41. The summed E-state index contributed by atoms with van der Waals surface area (Å²) in [5.74, 6) is -1.17. The van der Waals surface area contributed by atoms with Gasteiger partial charge in [-0.1, -0.05) is 0 Å². The van der Waals surface area contributed by atoms with Crippen molar-refractivity contribution in [3.8, 4) is 0 Å². The first-order valence-electron chi connectivity index (χ1n) is 8.12. The van der Waals surface area contributed by atoms with E-state index in [0.29, 0.717) is 15.4 Å². The molecular weight excluding hydrogens is 393 g/mol. The lowest BCUT2D eigenvalue weighted by Gasteiger charge is -2.09. The molecule has 0 aliphatic heterocycles. The van der Waals surface area contributed by atoms with Crippen LogP contribution in [0.3, 0.4) is 0 Å². The first-order valence-corrected chi connectivity index (χ1v) is 10.8. The Morgan fingerprint density at radius 2 is 1.89 bits per heavy atom. The minimum atomic E-state index is -3.65. The molecule has 1 aliphatic carbocycles. The number of hydrogen-bond acceptors (Lipinski definition) is 5. The molecule has 1 heterocycles. The molecule has 2 aromatic rings. The van der Waals surface area contributed by atoms with Crippen molar-refractivity contribution >= 4 is 49.6 Å². The van der Waals surface area contributed by atoms with Crippen LogP contribution in [0.15, 0.2) is 24.3 Å². The zero-order chi connectivity index (χ0) is 19.8. The van der Waals surface area contributed by atoms with Gasteiger partial charge in [0.25, 0.3) is 5.91 Å². The smallest absolute Gasteiger partial charge is 0.266 e. The molecule has 3 rings (SSSR count). The Labute approximate surface area is 160 Å². The number of rotatable bonds is 6. The average molecular weight is 411 g/mol. The molecule has 7 nitrogen and oxygen atoms in total. The maximum atomic E-state index is 13.7. The third-order valence-corrected chi connectivity index (χ3v) is 5.58. The molecule has 0 radical (unpaired) electrons. The number of thiophene rings is 1. The Hall–Kier alpha value is -2.46. The molecule has 0 unspecified atom stereocenters. The maximum Gasteiger partial charge on any atom is 0.266 e. The summed E-state index contributed by atoms with van der Waals surface area (Å²) in [6.45, 7) is 1.75. The summed E-state index contributed by atoms with van der Waals surface area (Å²) in [5, 5.41) is 6.00. The van der Waals surface area contributed by atoms with Crippen LogP contribution in [-0.4, -0.2) is 26.5 Å². The summed E-state index contributed by atoms with van der Waals surface area (Å²) >= 11 is 1.15. The zero-order valence-corrected chi connectivity index (χ0v) is 16.3. The van der Waals surface area contributed by atoms with Crippen molar-refractivity contribution in [3.63, 3.8) is 0 Å². The lowest BCUT2D eigenvalue weighted by atomic mass is 10.2. The molecule has 144 valence electrons. The van der Waals surface area contributed by atoms with Crippen LogP contribution in [0.25, 0.3) is 0 Å². The first kappa shape index (κ1) is 19.3. The summed E-state index contributed by atoms with van der Waals surface area (Å²) in [6, 6.07) is 5.32. The van der Waals surface area contributed by atoms with E-state index in [9.17, 15) is 22.4 Å². The summed E-state index contributed by atoms with van der Waals surface area (Å²) < 4.78 is 38.4. The number of sulfonamides is 1. The summed E-state index contributed by atoms with van der Waals surface area (Å²) in [5.41, 5.74) is 0.680. The van der Waals surface area contributed by atoms with Gasteiger partial charge in [0.2, 0.25) is 15.9 Å². The molecule has 0 atom stereocenters. The number of halogens is 1. The predicted octanol–water partition coefficient (Wildman–Crippen LogP) is 3.17. The summed E-state index contributed by atoms with van der Waals surface area (Å²) in [6.07, 6.45) is 2.68. The highest BCUT2D eigenvalue weighted by Crippen LogP contribution is 2.33. The van der Waals surface area contributed by atoms with E-state index in [4.69, 9.17) is 0 Å². The lowest BCUT2D eigenvalue weighted by molar-refractivity contribution is -0.117. The van der Waals surface area contributed by atoms with E-state index in [1.807, 2.05) is 0 Å². The Kier molecular flexibility index (Phi) is 5.20. The molecule has 1 saturated carbocycles. The quantitative estimate of drug-likeness (QED) is 0.679. The first-order chi connectivity index (χ1) is 12.6. The van der Waals surface area contributed by atoms with Gasteiger partial charge in [0.05, 0.1) is 21.8 Å². The summed E-state index contributed by atoms with van der Waals surface area (Å²) in [4.78, 5) is 24.8. The van der Waals surface area contributed by atoms with Crippen LogP contribution in [0.5, 0.6) is 0 Å². The van der Waals surface area contributed by atoms with E-state index in [2.05, 4.69) is 15.4 Å². The van der Waals surface area contributed by atoms with Gasteiger partial charge in [-0.3, -0.25) is 14.3 Å². The molecule has 1 aromatic carbocycles. The fourth-order valence-electron chi connectivity index (χ4n) is 2.41. The van der Waals surface area contributed by atoms with Crippen molar-refractivity contribution in [2.45, 2.75) is 19.8 Å².